The van der Waals surface area contributed by atoms with E-state index in [1.54, 1.807) is 13.0 Å². The molecule has 0 atom stereocenters. The van der Waals surface area contributed by atoms with Crippen molar-refractivity contribution in [1.29, 1.82) is 0 Å². The molecule has 0 saturated carbocycles. The normalized spacial score (nSPS) is 10.8. The second-order valence-corrected chi connectivity index (χ2v) is 5.19. The second-order valence-electron chi connectivity index (χ2n) is 5.19. The summed E-state index contributed by atoms with van der Waals surface area (Å²) in [6.07, 6.45) is 0. The number of carbonyl (C=O) groups is 1. The molecular formula is C18H15NO2. The molecule has 1 heterocycles. The van der Waals surface area contributed by atoms with Gasteiger partial charge in [0.05, 0.1) is 11.1 Å². The van der Waals surface area contributed by atoms with Gasteiger partial charge in [0.2, 0.25) is 0 Å². The average Bonchev–Trinajstić information content (AvgIpc) is 2.47. The van der Waals surface area contributed by atoms with Crippen LogP contribution in [0.4, 0.5) is 0 Å². The Morgan fingerprint density at radius 3 is 2.43 bits per heavy atom. The number of aromatic nitrogens is 1. The topological polar surface area (TPSA) is 50.2 Å². The summed E-state index contributed by atoms with van der Waals surface area (Å²) in [5, 5.41) is 10.3. The third-order valence-electron chi connectivity index (χ3n) is 3.63. The first-order valence-electron chi connectivity index (χ1n) is 6.76. The van der Waals surface area contributed by atoms with Crippen molar-refractivity contribution in [2.45, 2.75) is 13.8 Å². The highest BCUT2D eigenvalue weighted by Crippen LogP contribution is 2.26. The Bertz CT molecular complexity index is 853. The Labute approximate surface area is 122 Å². The molecule has 0 aliphatic rings. The number of carboxylic acids is 1. The zero-order valence-electron chi connectivity index (χ0n) is 11.9. The van der Waals surface area contributed by atoms with Gasteiger partial charge in [-0.05, 0) is 54.8 Å². The van der Waals surface area contributed by atoms with E-state index < -0.39 is 5.97 Å². The van der Waals surface area contributed by atoms with Crippen molar-refractivity contribution in [3.8, 4) is 11.1 Å². The minimum atomic E-state index is -0.896. The SMILES string of the molecule is Cc1ccc2cc(-c3ccc(C)c(C(=O)O)c3)ccc2n1. The van der Waals surface area contributed by atoms with Gasteiger partial charge in [-0.3, -0.25) is 4.98 Å². The van der Waals surface area contributed by atoms with Crippen LogP contribution in [0.25, 0.3) is 22.0 Å². The van der Waals surface area contributed by atoms with Gasteiger partial charge in [-0.2, -0.15) is 0 Å². The van der Waals surface area contributed by atoms with Crippen LogP contribution in [0.1, 0.15) is 21.6 Å². The minimum absolute atomic E-state index is 0.342. The number of fused-ring (bicyclic) bond motifs is 1. The summed E-state index contributed by atoms with van der Waals surface area (Å²) in [5.74, 6) is -0.896. The van der Waals surface area contributed by atoms with Crippen LogP contribution in [0.2, 0.25) is 0 Å². The summed E-state index contributed by atoms with van der Waals surface area (Å²) in [5.41, 5.74) is 4.94. The third kappa shape index (κ3) is 2.50. The molecule has 0 fully saturated rings. The minimum Gasteiger partial charge on any atom is -0.478 e. The number of hydrogen-bond donors (Lipinski definition) is 1. The molecule has 1 aromatic heterocycles. The van der Waals surface area contributed by atoms with Gasteiger partial charge in [-0.1, -0.05) is 24.3 Å². The molecule has 0 saturated heterocycles. The first kappa shape index (κ1) is 13.3. The van der Waals surface area contributed by atoms with Crippen LogP contribution in [0.3, 0.4) is 0 Å². The number of pyridine rings is 1. The fourth-order valence-electron chi connectivity index (χ4n) is 2.44. The Morgan fingerprint density at radius 2 is 1.67 bits per heavy atom. The average molecular weight is 277 g/mol. The van der Waals surface area contributed by atoms with E-state index in [0.717, 1.165) is 33.3 Å². The van der Waals surface area contributed by atoms with Crippen LogP contribution >= 0.6 is 0 Å². The highest BCUT2D eigenvalue weighted by Gasteiger charge is 2.09. The Morgan fingerprint density at radius 1 is 0.952 bits per heavy atom. The maximum atomic E-state index is 11.2. The lowest BCUT2D eigenvalue weighted by Gasteiger charge is -2.07. The molecule has 0 amide bonds. The predicted molar refractivity (Wildman–Crippen MR) is 83.6 cm³/mol. The van der Waals surface area contributed by atoms with Gasteiger partial charge in [-0.15, -0.1) is 0 Å². The molecule has 2 aromatic carbocycles. The number of nitrogens with zero attached hydrogens (tertiary/aromatic N) is 1. The van der Waals surface area contributed by atoms with Gasteiger partial charge >= 0.3 is 5.97 Å². The molecule has 21 heavy (non-hydrogen) atoms. The summed E-state index contributed by atoms with van der Waals surface area (Å²) in [6.45, 7) is 3.77. The number of aromatic carboxylic acids is 1. The molecule has 1 N–H and O–H groups in total. The molecule has 0 aliphatic heterocycles. The van der Waals surface area contributed by atoms with Crippen molar-refractivity contribution in [3.05, 3.63) is 65.4 Å². The lowest BCUT2D eigenvalue weighted by atomic mass is 9.98. The van der Waals surface area contributed by atoms with Crippen molar-refractivity contribution in [2.75, 3.05) is 0 Å². The fourth-order valence-corrected chi connectivity index (χ4v) is 2.44. The smallest absolute Gasteiger partial charge is 0.335 e. The van der Waals surface area contributed by atoms with E-state index in [1.165, 1.54) is 0 Å². The highest BCUT2D eigenvalue weighted by atomic mass is 16.4. The zero-order chi connectivity index (χ0) is 15.0. The summed E-state index contributed by atoms with van der Waals surface area (Å²) in [7, 11) is 0. The molecular weight excluding hydrogens is 262 g/mol. The summed E-state index contributed by atoms with van der Waals surface area (Å²) < 4.78 is 0. The highest BCUT2D eigenvalue weighted by molar-refractivity contribution is 5.92. The summed E-state index contributed by atoms with van der Waals surface area (Å²) >= 11 is 0. The van der Waals surface area contributed by atoms with E-state index >= 15 is 0 Å². The Balaban J connectivity index is 2.14. The molecule has 3 nitrogen and oxygen atoms in total. The van der Waals surface area contributed by atoms with Crippen molar-refractivity contribution in [3.63, 3.8) is 0 Å². The molecule has 3 heteroatoms. The summed E-state index contributed by atoms with van der Waals surface area (Å²) in [6, 6.07) is 15.5. The van der Waals surface area contributed by atoms with E-state index in [0.29, 0.717) is 5.56 Å². The molecule has 0 bridgehead atoms. The van der Waals surface area contributed by atoms with Crippen molar-refractivity contribution in [2.24, 2.45) is 0 Å². The molecule has 104 valence electrons. The zero-order valence-corrected chi connectivity index (χ0v) is 11.9. The monoisotopic (exact) mass is 277 g/mol. The molecule has 0 radical (unpaired) electrons. The van der Waals surface area contributed by atoms with Crippen LogP contribution in [0.15, 0.2) is 48.5 Å². The lowest BCUT2D eigenvalue weighted by molar-refractivity contribution is 0.0696. The first-order valence-corrected chi connectivity index (χ1v) is 6.76. The van der Waals surface area contributed by atoms with E-state index in [-0.39, 0.29) is 0 Å². The van der Waals surface area contributed by atoms with Crippen LogP contribution in [-0.2, 0) is 0 Å². The van der Waals surface area contributed by atoms with Crippen LogP contribution in [-0.4, -0.2) is 16.1 Å². The molecule has 0 spiro atoms. The molecule has 3 rings (SSSR count). The number of carboxylic acid groups (broad SMARTS) is 1. The van der Waals surface area contributed by atoms with Gasteiger partial charge in [0.1, 0.15) is 0 Å². The number of hydrogen-bond acceptors (Lipinski definition) is 2. The van der Waals surface area contributed by atoms with Gasteiger partial charge in [0, 0.05) is 11.1 Å². The number of aryl methyl sites for hydroxylation is 2. The quantitative estimate of drug-likeness (QED) is 0.763. The van der Waals surface area contributed by atoms with Crippen LogP contribution < -0.4 is 0 Å². The maximum Gasteiger partial charge on any atom is 0.335 e. The van der Waals surface area contributed by atoms with Crippen molar-refractivity contribution < 1.29 is 9.90 Å². The Kier molecular flexibility index (Phi) is 3.18. The van der Waals surface area contributed by atoms with Crippen LogP contribution in [0.5, 0.6) is 0 Å². The first-order chi connectivity index (χ1) is 10.0. The largest absolute Gasteiger partial charge is 0.478 e. The van der Waals surface area contributed by atoms with Crippen molar-refractivity contribution >= 4 is 16.9 Å². The van der Waals surface area contributed by atoms with Gasteiger partial charge in [0.25, 0.3) is 0 Å². The predicted octanol–water partition coefficient (Wildman–Crippen LogP) is 4.22. The Hall–Kier alpha value is -2.68. The lowest BCUT2D eigenvalue weighted by Crippen LogP contribution is -1.99. The van der Waals surface area contributed by atoms with E-state index in [4.69, 9.17) is 0 Å². The summed E-state index contributed by atoms with van der Waals surface area (Å²) in [4.78, 5) is 15.7. The second kappa shape index (κ2) is 5.02. The van der Waals surface area contributed by atoms with Gasteiger partial charge < -0.3 is 5.11 Å². The molecule has 3 aromatic rings. The van der Waals surface area contributed by atoms with E-state index in [2.05, 4.69) is 4.98 Å². The standard InChI is InChI=1S/C18H15NO2/c1-11-3-5-14(10-16(11)18(20)21)13-7-8-17-15(9-13)6-4-12(2)19-17/h3-10H,1-2H3,(H,20,21). The molecule has 0 aliphatic carbocycles. The molecule has 0 unspecified atom stereocenters. The van der Waals surface area contributed by atoms with Crippen LogP contribution in [0, 0.1) is 13.8 Å². The van der Waals surface area contributed by atoms with Crippen molar-refractivity contribution in [1.82, 2.24) is 4.98 Å². The van der Waals surface area contributed by atoms with Gasteiger partial charge in [-0.25, -0.2) is 4.79 Å². The maximum absolute atomic E-state index is 11.2. The van der Waals surface area contributed by atoms with E-state index in [1.807, 2.05) is 49.4 Å². The number of benzene rings is 2. The third-order valence-corrected chi connectivity index (χ3v) is 3.63. The van der Waals surface area contributed by atoms with E-state index in [9.17, 15) is 9.90 Å². The van der Waals surface area contributed by atoms with Gasteiger partial charge in [0.15, 0.2) is 0 Å². The fraction of sp³-hybridized carbons (Fsp3) is 0.111. The number of rotatable bonds is 2.